The number of anilines is 1. The van der Waals surface area contributed by atoms with Crippen LogP contribution in [0.5, 0.6) is 0 Å². The summed E-state index contributed by atoms with van der Waals surface area (Å²) in [5, 5.41) is 2.72. The third-order valence-electron chi connectivity index (χ3n) is 3.89. The van der Waals surface area contributed by atoms with Crippen LogP contribution in [-0.2, 0) is 4.74 Å². The molecule has 1 aromatic rings. The molecule has 0 bridgehead atoms. The van der Waals surface area contributed by atoms with Crippen molar-refractivity contribution in [1.82, 2.24) is 0 Å². The number of hydrogen-bond donors (Lipinski definition) is 2. The minimum absolute atomic E-state index is 0.296. The van der Waals surface area contributed by atoms with E-state index in [4.69, 9.17) is 10.5 Å². The summed E-state index contributed by atoms with van der Waals surface area (Å²) in [5.74, 6) is 0. The predicted octanol–water partition coefficient (Wildman–Crippen LogP) is 3.60. The van der Waals surface area contributed by atoms with Crippen LogP contribution >= 0.6 is 0 Å². The summed E-state index contributed by atoms with van der Waals surface area (Å²) in [4.78, 5) is 11.8. The monoisotopic (exact) mass is 276 g/mol. The molecule has 0 radical (unpaired) electrons. The highest BCUT2D eigenvalue weighted by molar-refractivity contribution is 5.84. The third kappa shape index (κ3) is 4.53. The Hall–Kier alpha value is -1.55. The second-order valence-corrected chi connectivity index (χ2v) is 5.84. The van der Waals surface area contributed by atoms with E-state index >= 15 is 0 Å². The summed E-state index contributed by atoms with van der Waals surface area (Å²) in [6.07, 6.45) is 6.15. The van der Waals surface area contributed by atoms with Crippen molar-refractivity contribution in [2.24, 2.45) is 5.73 Å². The second kappa shape index (κ2) is 6.75. The first kappa shape index (κ1) is 14.9. The van der Waals surface area contributed by atoms with Crippen molar-refractivity contribution in [2.45, 2.75) is 51.0 Å². The highest BCUT2D eigenvalue weighted by Crippen LogP contribution is 2.25. The molecule has 1 amide bonds. The number of nitrogens with two attached hydrogens (primary N) is 1. The molecule has 0 saturated heterocycles. The van der Waals surface area contributed by atoms with Gasteiger partial charge in [-0.1, -0.05) is 43.4 Å². The first-order chi connectivity index (χ1) is 9.57. The fraction of sp³-hybridized carbons (Fsp3) is 0.562. The van der Waals surface area contributed by atoms with Gasteiger partial charge in [0.25, 0.3) is 0 Å². The molecule has 2 rings (SSSR count). The van der Waals surface area contributed by atoms with Gasteiger partial charge in [0.2, 0.25) is 0 Å². The molecule has 3 N–H and O–H groups in total. The van der Waals surface area contributed by atoms with Gasteiger partial charge in [-0.25, -0.2) is 4.79 Å². The highest BCUT2D eigenvalue weighted by Gasteiger charge is 2.27. The number of aryl methyl sites for hydroxylation is 1. The van der Waals surface area contributed by atoms with Crippen LogP contribution in [-0.4, -0.2) is 18.2 Å². The van der Waals surface area contributed by atoms with Gasteiger partial charge in [0, 0.05) is 5.69 Å². The quantitative estimate of drug-likeness (QED) is 0.829. The fourth-order valence-electron chi connectivity index (χ4n) is 2.58. The summed E-state index contributed by atoms with van der Waals surface area (Å²) in [6, 6.07) is 7.62. The lowest BCUT2D eigenvalue weighted by Gasteiger charge is -2.27. The summed E-state index contributed by atoms with van der Waals surface area (Å²) >= 11 is 0. The van der Waals surface area contributed by atoms with Crippen molar-refractivity contribution in [3.63, 3.8) is 0 Å². The molecule has 0 atom stereocenters. The molecular weight excluding hydrogens is 252 g/mol. The number of benzene rings is 1. The summed E-state index contributed by atoms with van der Waals surface area (Å²) in [7, 11) is 0. The Kier molecular flexibility index (Phi) is 5.01. The summed E-state index contributed by atoms with van der Waals surface area (Å²) < 4.78 is 5.30. The standard InChI is InChI=1S/C16H24N2O2/c1-13-6-8-14(9-7-13)18-15(19)20-12-16(17)10-4-2-3-5-11-16/h6-9H,2-5,10-12,17H2,1H3,(H,18,19). The molecule has 0 heterocycles. The first-order valence-corrected chi connectivity index (χ1v) is 7.37. The Balaban J connectivity index is 1.80. The van der Waals surface area contributed by atoms with Crippen LogP contribution in [0.3, 0.4) is 0 Å². The SMILES string of the molecule is Cc1ccc(NC(=O)OCC2(N)CCCCCC2)cc1. The molecule has 1 aromatic carbocycles. The molecule has 0 aliphatic heterocycles. The largest absolute Gasteiger partial charge is 0.447 e. The fourth-order valence-corrected chi connectivity index (χ4v) is 2.58. The summed E-state index contributed by atoms with van der Waals surface area (Å²) in [5.41, 5.74) is 7.87. The van der Waals surface area contributed by atoms with Gasteiger partial charge in [-0.05, 0) is 31.9 Å². The van der Waals surface area contributed by atoms with Crippen LogP contribution in [0.4, 0.5) is 10.5 Å². The highest BCUT2D eigenvalue weighted by atomic mass is 16.5. The lowest BCUT2D eigenvalue weighted by atomic mass is 9.93. The van der Waals surface area contributed by atoms with E-state index in [9.17, 15) is 4.79 Å². The van der Waals surface area contributed by atoms with Crippen molar-refractivity contribution < 1.29 is 9.53 Å². The number of carbonyl (C=O) groups is 1. The number of ether oxygens (including phenoxy) is 1. The zero-order valence-electron chi connectivity index (χ0n) is 12.2. The normalized spacial score (nSPS) is 18.1. The van der Waals surface area contributed by atoms with Crippen molar-refractivity contribution >= 4 is 11.8 Å². The molecule has 4 nitrogen and oxygen atoms in total. The molecule has 110 valence electrons. The third-order valence-corrected chi connectivity index (χ3v) is 3.89. The minimum atomic E-state index is -0.428. The Morgan fingerprint density at radius 1 is 1.20 bits per heavy atom. The van der Waals surface area contributed by atoms with Crippen LogP contribution in [0.1, 0.15) is 44.1 Å². The second-order valence-electron chi connectivity index (χ2n) is 5.84. The Bertz CT molecular complexity index is 434. The maximum absolute atomic E-state index is 11.8. The summed E-state index contributed by atoms with van der Waals surface area (Å²) in [6.45, 7) is 2.30. The lowest BCUT2D eigenvalue weighted by molar-refractivity contribution is 0.122. The van der Waals surface area contributed by atoms with Crippen LogP contribution in [0.15, 0.2) is 24.3 Å². The van der Waals surface area contributed by atoms with Gasteiger partial charge in [-0.15, -0.1) is 0 Å². The predicted molar refractivity (Wildman–Crippen MR) is 80.8 cm³/mol. The van der Waals surface area contributed by atoms with E-state index in [2.05, 4.69) is 5.32 Å². The zero-order chi connectivity index (χ0) is 14.4. The van der Waals surface area contributed by atoms with Crippen LogP contribution in [0.2, 0.25) is 0 Å². The molecule has 0 aromatic heterocycles. The molecule has 1 fully saturated rings. The lowest BCUT2D eigenvalue weighted by Crippen LogP contribution is -2.45. The molecule has 0 unspecified atom stereocenters. The van der Waals surface area contributed by atoms with Crippen LogP contribution in [0.25, 0.3) is 0 Å². The maximum atomic E-state index is 11.8. The molecule has 20 heavy (non-hydrogen) atoms. The van der Waals surface area contributed by atoms with Gasteiger partial charge < -0.3 is 10.5 Å². The number of amides is 1. The molecule has 1 aliphatic carbocycles. The zero-order valence-corrected chi connectivity index (χ0v) is 12.2. The van der Waals surface area contributed by atoms with Crippen molar-refractivity contribution in [3.05, 3.63) is 29.8 Å². The van der Waals surface area contributed by atoms with Crippen LogP contribution < -0.4 is 11.1 Å². The van der Waals surface area contributed by atoms with E-state index < -0.39 is 6.09 Å². The van der Waals surface area contributed by atoms with Gasteiger partial charge in [0.1, 0.15) is 6.61 Å². The van der Waals surface area contributed by atoms with Gasteiger partial charge in [-0.3, -0.25) is 5.32 Å². The van der Waals surface area contributed by atoms with Crippen molar-refractivity contribution in [3.8, 4) is 0 Å². The molecular formula is C16H24N2O2. The minimum Gasteiger partial charge on any atom is -0.447 e. The van der Waals surface area contributed by atoms with E-state index in [1.165, 1.54) is 12.8 Å². The van der Waals surface area contributed by atoms with E-state index in [1.54, 1.807) is 0 Å². The number of rotatable bonds is 3. The van der Waals surface area contributed by atoms with E-state index in [-0.39, 0.29) is 5.54 Å². The maximum Gasteiger partial charge on any atom is 0.411 e. The topological polar surface area (TPSA) is 64.3 Å². The van der Waals surface area contributed by atoms with Gasteiger partial charge in [0.05, 0.1) is 5.54 Å². The van der Waals surface area contributed by atoms with Crippen LogP contribution in [0, 0.1) is 6.92 Å². The van der Waals surface area contributed by atoms with Gasteiger partial charge >= 0.3 is 6.09 Å². The van der Waals surface area contributed by atoms with E-state index in [1.807, 2.05) is 31.2 Å². The number of carbonyl (C=O) groups excluding carboxylic acids is 1. The molecule has 0 spiro atoms. The smallest absolute Gasteiger partial charge is 0.411 e. The molecule has 1 aliphatic rings. The Morgan fingerprint density at radius 3 is 2.40 bits per heavy atom. The average molecular weight is 276 g/mol. The van der Waals surface area contributed by atoms with Crippen molar-refractivity contribution in [1.29, 1.82) is 0 Å². The molecule has 1 saturated carbocycles. The average Bonchev–Trinajstić information content (AvgIpc) is 2.65. The Morgan fingerprint density at radius 2 is 1.80 bits per heavy atom. The number of hydrogen-bond acceptors (Lipinski definition) is 3. The van der Waals surface area contributed by atoms with E-state index in [0.717, 1.165) is 36.9 Å². The Labute approximate surface area is 120 Å². The first-order valence-electron chi connectivity index (χ1n) is 7.37. The van der Waals surface area contributed by atoms with Gasteiger partial charge in [0.15, 0.2) is 0 Å². The van der Waals surface area contributed by atoms with E-state index in [0.29, 0.717) is 6.61 Å². The van der Waals surface area contributed by atoms with Crippen molar-refractivity contribution in [2.75, 3.05) is 11.9 Å². The van der Waals surface area contributed by atoms with Gasteiger partial charge in [-0.2, -0.15) is 0 Å². The number of nitrogens with one attached hydrogen (secondary N) is 1. The molecule has 4 heteroatoms.